The molecule has 7 heteroatoms. The van der Waals surface area contributed by atoms with Gasteiger partial charge in [-0.3, -0.25) is 9.59 Å². The molecule has 2 aromatic carbocycles. The zero-order valence-electron chi connectivity index (χ0n) is 16.1. The van der Waals surface area contributed by atoms with Gasteiger partial charge in [-0.2, -0.15) is 0 Å². The molecule has 0 saturated carbocycles. The molecule has 28 heavy (non-hydrogen) atoms. The number of rotatable bonds is 11. The predicted octanol–water partition coefficient (Wildman–Crippen LogP) is 2.84. The van der Waals surface area contributed by atoms with Gasteiger partial charge in [-0.1, -0.05) is 6.92 Å². The van der Waals surface area contributed by atoms with E-state index in [1.165, 1.54) is 0 Å². The summed E-state index contributed by atoms with van der Waals surface area (Å²) in [5.74, 6) is 1.20. The van der Waals surface area contributed by atoms with Crippen molar-refractivity contribution < 1.29 is 28.5 Å². The van der Waals surface area contributed by atoms with E-state index in [4.69, 9.17) is 18.9 Å². The van der Waals surface area contributed by atoms with Gasteiger partial charge in [-0.05, 0) is 55.0 Å². The summed E-state index contributed by atoms with van der Waals surface area (Å²) in [6.45, 7) is 2.81. The minimum atomic E-state index is -0.534. The number of carbonyl (C=O) groups excluding carboxylic acids is 2. The highest BCUT2D eigenvalue weighted by Crippen LogP contribution is 2.17. The molecule has 0 fully saturated rings. The van der Waals surface area contributed by atoms with E-state index in [2.05, 4.69) is 5.32 Å². The summed E-state index contributed by atoms with van der Waals surface area (Å²) in [5, 5.41) is 2.51. The highest BCUT2D eigenvalue weighted by Gasteiger charge is 2.09. The fourth-order valence-electron chi connectivity index (χ4n) is 2.21. The number of nitrogens with one attached hydrogen (secondary N) is 1. The third-order valence-corrected chi connectivity index (χ3v) is 3.66. The van der Waals surface area contributed by atoms with Gasteiger partial charge >= 0.3 is 5.97 Å². The Morgan fingerprint density at radius 3 is 1.96 bits per heavy atom. The van der Waals surface area contributed by atoms with E-state index in [-0.39, 0.29) is 25.7 Å². The number of benzene rings is 2. The molecule has 2 rings (SSSR count). The molecule has 0 spiro atoms. The molecule has 0 heterocycles. The van der Waals surface area contributed by atoms with Crippen LogP contribution in [0.2, 0.25) is 0 Å². The van der Waals surface area contributed by atoms with Crippen LogP contribution in [0.5, 0.6) is 17.2 Å². The first-order valence-electron chi connectivity index (χ1n) is 9.06. The van der Waals surface area contributed by atoms with Gasteiger partial charge in [0.1, 0.15) is 37.0 Å². The number of hydrogen-bond donors (Lipinski definition) is 1. The lowest BCUT2D eigenvalue weighted by atomic mass is 10.2. The highest BCUT2D eigenvalue weighted by molar-refractivity contribution is 5.96. The zero-order valence-corrected chi connectivity index (χ0v) is 16.1. The smallest absolute Gasteiger partial charge is 0.325 e. The first-order chi connectivity index (χ1) is 13.6. The van der Waals surface area contributed by atoms with E-state index in [1.807, 2.05) is 19.1 Å². The van der Waals surface area contributed by atoms with Crippen LogP contribution in [0.3, 0.4) is 0 Å². The monoisotopic (exact) mass is 387 g/mol. The second-order valence-corrected chi connectivity index (χ2v) is 5.80. The average molecular weight is 387 g/mol. The van der Waals surface area contributed by atoms with Crippen LogP contribution < -0.4 is 19.5 Å². The van der Waals surface area contributed by atoms with E-state index in [1.54, 1.807) is 43.5 Å². The van der Waals surface area contributed by atoms with Gasteiger partial charge in [0, 0.05) is 5.56 Å². The minimum absolute atomic E-state index is 0.0886. The Bertz CT molecular complexity index is 742. The van der Waals surface area contributed by atoms with Crippen molar-refractivity contribution in [3.63, 3.8) is 0 Å². The first-order valence-corrected chi connectivity index (χ1v) is 9.06. The molecule has 0 atom stereocenters. The quantitative estimate of drug-likeness (QED) is 0.472. The Labute approximate surface area is 164 Å². The molecule has 0 bridgehead atoms. The minimum Gasteiger partial charge on any atom is -0.497 e. The maximum Gasteiger partial charge on any atom is 0.325 e. The van der Waals surface area contributed by atoms with Crippen molar-refractivity contribution in [3.05, 3.63) is 54.1 Å². The Kier molecular flexibility index (Phi) is 8.65. The molecular weight excluding hydrogens is 362 g/mol. The summed E-state index contributed by atoms with van der Waals surface area (Å²) < 4.78 is 21.1. The van der Waals surface area contributed by atoms with Crippen molar-refractivity contribution in [1.82, 2.24) is 5.32 Å². The largest absolute Gasteiger partial charge is 0.497 e. The number of methoxy groups -OCH3 is 1. The maximum atomic E-state index is 12.0. The van der Waals surface area contributed by atoms with Crippen LogP contribution in [0.4, 0.5) is 0 Å². The van der Waals surface area contributed by atoms with Crippen LogP contribution in [0.25, 0.3) is 0 Å². The van der Waals surface area contributed by atoms with Crippen molar-refractivity contribution in [1.29, 1.82) is 0 Å². The molecule has 1 N–H and O–H groups in total. The number of carbonyl (C=O) groups is 2. The average Bonchev–Trinajstić information content (AvgIpc) is 2.74. The Balaban J connectivity index is 1.62. The Morgan fingerprint density at radius 2 is 1.39 bits per heavy atom. The van der Waals surface area contributed by atoms with Crippen LogP contribution >= 0.6 is 0 Å². The third-order valence-electron chi connectivity index (χ3n) is 3.66. The molecule has 7 nitrogen and oxygen atoms in total. The molecule has 2 aromatic rings. The Hall–Kier alpha value is -3.22. The van der Waals surface area contributed by atoms with Crippen molar-refractivity contribution >= 4 is 11.9 Å². The zero-order chi connectivity index (χ0) is 20.2. The van der Waals surface area contributed by atoms with E-state index < -0.39 is 5.97 Å². The first kappa shape index (κ1) is 21.1. The lowest BCUT2D eigenvalue weighted by Gasteiger charge is -2.09. The number of amides is 1. The van der Waals surface area contributed by atoms with Crippen LogP contribution in [0.1, 0.15) is 23.7 Å². The van der Waals surface area contributed by atoms with Crippen LogP contribution in [-0.4, -0.2) is 45.4 Å². The van der Waals surface area contributed by atoms with Crippen molar-refractivity contribution in [2.45, 2.75) is 13.3 Å². The topological polar surface area (TPSA) is 83.1 Å². The third kappa shape index (κ3) is 7.19. The van der Waals surface area contributed by atoms with Crippen LogP contribution in [-0.2, 0) is 9.53 Å². The SMILES string of the molecule is CCCOc1ccc(OCCOC(=O)CNC(=O)c2ccc(OC)cc2)cc1. The highest BCUT2D eigenvalue weighted by atomic mass is 16.6. The molecule has 0 saturated heterocycles. The van der Waals surface area contributed by atoms with Gasteiger partial charge in [-0.25, -0.2) is 0 Å². The number of hydrogen-bond acceptors (Lipinski definition) is 6. The summed E-state index contributed by atoms with van der Waals surface area (Å²) >= 11 is 0. The molecule has 0 aliphatic carbocycles. The van der Waals surface area contributed by atoms with Crippen molar-refractivity contribution in [3.8, 4) is 17.2 Å². The Morgan fingerprint density at radius 1 is 0.821 bits per heavy atom. The standard InChI is InChI=1S/C21H25NO6/c1-3-12-26-18-8-10-19(11-9-18)27-13-14-28-20(23)15-22-21(24)16-4-6-17(25-2)7-5-16/h4-11H,3,12-15H2,1-2H3,(H,22,24). The predicted molar refractivity (Wildman–Crippen MR) is 104 cm³/mol. The molecule has 150 valence electrons. The van der Waals surface area contributed by atoms with Crippen molar-refractivity contribution in [2.24, 2.45) is 0 Å². The molecule has 0 unspecified atom stereocenters. The number of esters is 1. The number of ether oxygens (including phenoxy) is 4. The van der Waals surface area contributed by atoms with Gasteiger partial charge in [0.05, 0.1) is 13.7 Å². The van der Waals surface area contributed by atoms with Crippen molar-refractivity contribution in [2.75, 3.05) is 33.5 Å². The second kappa shape index (κ2) is 11.5. The maximum absolute atomic E-state index is 12.0. The van der Waals surface area contributed by atoms with Crippen LogP contribution in [0.15, 0.2) is 48.5 Å². The fourth-order valence-corrected chi connectivity index (χ4v) is 2.21. The molecule has 0 aliphatic heterocycles. The van der Waals surface area contributed by atoms with E-state index >= 15 is 0 Å². The summed E-state index contributed by atoms with van der Waals surface area (Å²) in [6.07, 6.45) is 0.949. The lowest BCUT2D eigenvalue weighted by molar-refractivity contribution is -0.143. The molecular formula is C21H25NO6. The molecule has 0 radical (unpaired) electrons. The van der Waals surface area contributed by atoms with Gasteiger partial charge in [-0.15, -0.1) is 0 Å². The van der Waals surface area contributed by atoms with E-state index in [0.717, 1.165) is 12.2 Å². The van der Waals surface area contributed by atoms with E-state index in [0.29, 0.717) is 23.7 Å². The fraction of sp³-hybridized carbons (Fsp3) is 0.333. The molecule has 1 amide bonds. The van der Waals surface area contributed by atoms with Gasteiger partial charge in [0.25, 0.3) is 5.91 Å². The van der Waals surface area contributed by atoms with Crippen LogP contribution in [0, 0.1) is 0 Å². The molecule has 0 aliphatic rings. The lowest BCUT2D eigenvalue weighted by Crippen LogP contribution is -2.31. The van der Waals surface area contributed by atoms with Gasteiger partial charge in [0.2, 0.25) is 0 Å². The second-order valence-electron chi connectivity index (χ2n) is 5.80. The summed E-state index contributed by atoms with van der Waals surface area (Å²) in [7, 11) is 1.55. The van der Waals surface area contributed by atoms with Gasteiger partial charge in [0.15, 0.2) is 0 Å². The van der Waals surface area contributed by atoms with E-state index in [9.17, 15) is 9.59 Å². The summed E-state index contributed by atoms with van der Waals surface area (Å²) in [5.41, 5.74) is 0.434. The summed E-state index contributed by atoms with van der Waals surface area (Å²) in [4.78, 5) is 23.7. The summed E-state index contributed by atoms with van der Waals surface area (Å²) in [6, 6.07) is 13.8. The van der Waals surface area contributed by atoms with Gasteiger partial charge < -0.3 is 24.3 Å². The molecule has 0 aromatic heterocycles. The normalized spacial score (nSPS) is 10.1.